The molecule has 1 aromatic heterocycles. The molecule has 6 heteroatoms. The first kappa shape index (κ1) is 19.6. The van der Waals surface area contributed by atoms with E-state index in [1.165, 1.54) is 38.5 Å². The average molecular weight is 403 g/mol. The summed E-state index contributed by atoms with van der Waals surface area (Å²) in [6.07, 6.45) is 10.7. The first-order chi connectivity index (χ1) is 14.0. The SMILES string of the molecule is Cc1nnnn1CC(=O)[C@H]1CC[C@H]2[C@@H]3CC[C@H]4C[C@@H](CF)CC[C@@H]4[C@H]3CC[C@]12C. The number of rotatable bonds is 4. The number of carbonyl (C=O) groups is 1. The molecule has 29 heavy (non-hydrogen) atoms. The Morgan fingerprint density at radius 2 is 1.93 bits per heavy atom. The van der Waals surface area contributed by atoms with Crippen molar-refractivity contribution in [3.05, 3.63) is 5.82 Å². The summed E-state index contributed by atoms with van der Waals surface area (Å²) in [7, 11) is 0. The van der Waals surface area contributed by atoms with Crippen molar-refractivity contribution in [3.8, 4) is 0 Å². The maximum atomic E-state index is 13.2. The van der Waals surface area contributed by atoms with E-state index in [1.807, 2.05) is 6.92 Å². The zero-order valence-corrected chi connectivity index (χ0v) is 17.9. The van der Waals surface area contributed by atoms with Crippen LogP contribution in [0.2, 0.25) is 0 Å². The molecule has 0 spiro atoms. The van der Waals surface area contributed by atoms with E-state index in [4.69, 9.17) is 0 Å². The molecule has 0 N–H and O–H groups in total. The van der Waals surface area contributed by atoms with Crippen LogP contribution in [0.25, 0.3) is 0 Å². The Balaban J connectivity index is 1.31. The van der Waals surface area contributed by atoms with Gasteiger partial charge in [0.05, 0.1) is 6.67 Å². The lowest BCUT2D eigenvalue weighted by Crippen LogP contribution is -2.49. The van der Waals surface area contributed by atoms with Crippen molar-refractivity contribution in [1.29, 1.82) is 0 Å². The van der Waals surface area contributed by atoms with E-state index in [1.54, 1.807) is 4.68 Å². The molecule has 0 aromatic carbocycles. The summed E-state index contributed by atoms with van der Waals surface area (Å²) in [4.78, 5) is 13.2. The Morgan fingerprint density at radius 1 is 1.10 bits per heavy atom. The van der Waals surface area contributed by atoms with Gasteiger partial charge in [0, 0.05) is 5.92 Å². The van der Waals surface area contributed by atoms with Crippen molar-refractivity contribution in [2.24, 2.45) is 46.8 Å². The molecule has 4 aliphatic carbocycles. The van der Waals surface area contributed by atoms with Crippen molar-refractivity contribution in [1.82, 2.24) is 20.2 Å². The third-order valence-electron chi connectivity index (χ3n) is 9.69. The van der Waals surface area contributed by atoms with Gasteiger partial charge >= 0.3 is 0 Å². The summed E-state index contributed by atoms with van der Waals surface area (Å²) >= 11 is 0. The molecular weight excluding hydrogens is 367 g/mol. The van der Waals surface area contributed by atoms with Gasteiger partial charge < -0.3 is 0 Å². The van der Waals surface area contributed by atoms with Crippen LogP contribution in [0.5, 0.6) is 0 Å². The largest absolute Gasteiger partial charge is 0.297 e. The van der Waals surface area contributed by atoms with Gasteiger partial charge in [-0.05, 0) is 116 Å². The number of ketones is 1. The van der Waals surface area contributed by atoms with Crippen LogP contribution < -0.4 is 0 Å². The fourth-order valence-corrected chi connectivity index (χ4v) is 8.27. The van der Waals surface area contributed by atoms with Crippen LogP contribution in [-0.4, -0.2) is 32.7 Å². The number of hydrogen-bond acceptors (Lipinski definition) is 4. The van der Waals surface area contributed by atoms with Gasteiger partial charge in [0.15, 0.2) is 5.78 Å². The van der Waals surface area contributed by atoms with Crippen LogP contribution in [-0.2, 0) is 11.3 Å². The lowest BCUT2D eigenvalue weighted by molar-refractivity contribution is -0.131. The first-order valence-electron chi connectivity index (χ1n) is 11.8. The van der Waals surface area contributed by atoms with E-state index in [0.29, 0.717) is 30.0 Å². The van der Waals surface area contributed by atoms with Gasteiger partial charge in [0.1, 0.15) is 12.4 Å². The molecule has 0 saturated heterocycles. The second-order valence-electron chi connectivity index (χ2n) is 10.8. The number of alkyl halides is 1. The molecule has 5 nitrogen and oxygen atoms in total. The van der Waals surface area contributed by atoms with Crippen LogP contribution in [0.4, 0.5) is 4.39 Å². The molecule has 4 aliphatic rings. The van der Waals surface area contributed by atoms with E-state index in [0.717, 1.165) is 42.9 Å². The van der Waals surface area contributed by atoms with Gasteiger partial charge in [-0.2, -0.15) is 0 Å². The van der Waals surface area contributed by atoms with Crippen molar-refractivity contribution < 1.29 is 9.18 Å². The minimum Gasteiger partial charge on any atom is -0.297 e. The predicted octanol–water partition coefficient (Wildman–Crippen LogP) is 4.41. The second-order valence-corrected chi connectivity index (χ2v) is 10.8. The minimum atomic E-state index is -0.122. The van der Waals surface area contributed by atoms with Crippen molar-refractivity contribution in [2.45, 2.75) is 78.2 Å². The summed E-state index contributed by atoms with van der Waals surface area (Å²) in [5, 5.41) is 11.6. The minimum absolute atomic E-state index is 0.122. The first-order valence-corrected chi connectivity index (χ1v) is 11.8. The van der Waals surface area contributed by atoms with Crippen LogP contribution >= 0.6 is 0 Å². The number of aromatic nitrogens is 4. The Labute approximate surface area is 173 Å². The van der Waals surface area contributed by atoms with Gasteiger partial charge in [-0.25, -0.2) is 4.68 Å². The zero-order chi connectivity index (χ0) is 20.2. The highest BCUT2D eigenvalue weighted by Gasteiger charge is 2.58. The molecule has 0 bridgehead atoms. The summed E-state index contributed by atoms with van der Waals surface area (Å²) in [5.41, 5.74) is 0.142. The lowest BCUT2D eigenvalue weighted by atomic mass is 9.49. The standard InChI is InChI=1S/C23H35FN4O/c1-14-25-26-27-28(14)13-22(29)21-8-7-20-19-6-4-16-11-15(12-24)3-5-17(16)18(19)9-10-23(20,21)2/h15-21H,3-13H2,1-2H3/t15-,16-,17-,18+,19+,20-,21+,23-/m0/s1. The maximum Gasteiger partial charge on any atom is 0.158 e. The number of carbonyl (C=O) groups excluding carboxylic acids is 1. The third kappa shape index (κ3) is 3.16. The van der Waals surface area contributed by atoms with E-state index < -0.39 is 0 Å². The molecule has 0 unspecified atom stereocenters. The maximum absolute atomic E-state index is 13.2. The molecular formula is C23H35FN4O. The molecule has 1 heterocycles. The molecule has 1 aromatic rings. The molecule has 0 radical (unpaired) electrons. The number of Topliss-reactive ketones (excluding diaryl/α,β-unsaturated/α-hetero) is 1. The fourth-order valence-electron chi connectivity index (χ4n) is 8.27. The van der Waals surface area contributed by atoms with Crippen LogP contribution in [0.3, 0.4) is 0 Å². The van der Waals surface area contributed by atoms with E-state index in [2.05, 4.69) is 22.4 Å². The number of nitrogens with zero attached hydrogens (tertiary/aromatic N) is 4. The molecule has 160 valence electrons. The Kier molecular flexibility index (Phi) is 5.02. The number of tetrazole rings is 1. The lowest BCUT2D eigenvalue weighted by Gasteiger charge is -2.56. The number of aryl methyl sites for hydroxylation is 1. The molecule has 0 aliphatic heterocycles. The fraction of sp³-hybridized carbons (Fsp3) is 0.913. The monoisotopic (exact) mass is 402 g/mol. The van der Waals surface area contributed by atoms with Gasteiger partial charge in [0.2, 0.25) is 0 Å². The van der Waals surface area contributed by atoms with Crippen molar-refractivity contribution >= 4 is 5.78 Å². The molecule has 4 fully saturated rings. The number of halogens is 1. The summed E-state index contributed by atoms with van der Waals surface area (Å²) < 4.78 is 14.9. The number of hydrogen-bond donors (Lipinski definition) is 0. The highest BCUT2D eigenvalue weighted by atomic mass is 19.1. The van der Waals surface area contributed by atoms with Crippen molar-refractivity contribution in [2.75, 3.05) is 6.67 Å². The van der Waals surface area contributed by atoms with Crippen LogP contribution in [0.15, 0.2) is 0 Å². The van der Waals surface area contributed by atoms with Gasteiger partial charge in [-0.3, -0.25) is 9.18 Å². The van der Waals surface area contributed by atoms with E-state index in [-0.39, 0.29) is 18.0 Å². The molecule has 8 atom stereocenters. The highest BCUT2D eigenvalue weighted by Crippen LogP contribution is 2.64. The summed E-state index contributed by atoms with van der Waals surface area (Å²) in [6, 6.07) is 0. The summed E-state index contributed by atoms with van der Waals surface area (Å²) in [5.74, 6) is 5.38. The van der Waals surface area contributed by atoms with Gasteiger partial charge in [-0.1, -0.05) is 6.92 Å². The quantitative estimate of drug-likeness (QED) is 0.749. The molecule has 0 amide bonds. The average Bonchev–Trinajstić information content (AvgIpc) is 3.29. The second kappa shape index (κ2) is 7.42. The highest BCUT2D eigenvalue weighted by molar-refractivity contribution is 5.82. The topological polar surface area (TPSA) is 60.7 Å². The van der Waals surface area contributed by atoms with Crippen LogP contribution in [0, 0.1) is 53.8 Å². The molecule has 4 saturated carbocycles. The zero-order valence-electron chi connectivity index (χ0n) is 17.9. The normalized spacial score (nSPS) is 44.0. The van der Waals surface area contributed by atoms with Crippen molar-refractivity contribution in [3.63, 3.8) is 0 Å². The smallest absolute Gasteiger partial charge is 0.158 e. The number of fused-ring (bicyclic) bond motifs is 5. The van der Waals surface area contributed by atoms with Crippen LogP contribution in [0.1, 0.15) is 70.5 Å². The Hall–Kier alpha value is -1.33. The summed E-state index contributed by atoms with van der Waals surface area (Å²) in [6.45, 7) is 4.45. The predicted molar refractivity (Wildman–Crippen MR) is 108 cm³/mol. The van der Waals surface area contributed by atoms with E-state index >= 15 is 0 Å². The third-order valence-corrected chi connectivity index (χ3v) is 9.69. The Bertz CT molecular complexity index is 766. The van der Waals surface area contributed by atoms with E-state index in [9.17, 15) is 9.18 Å². The van der Waals surface area contributed by atoms with Gasteiger partial charge in [-0.15, -0.1) is 5.10 Å². The van der Waals surface area contributed by atoms with Gasteiger partial charge in [0.25, 0.3) is 0 Å². The Morgan fingerprint density at radius 3 is 2.69 bits per heavy atom. The molecule has 5 rings (SSSR count).